The van der Waals surface area contributed by atoms with Crippen LogP contribution in [0.4, 0.5) is 0 Å². The molecular formula is C6H6N2O3. The lowest BCUT2D eigenvalue weighted by Gasteiger charge is -1.94. The van der Waals surface area contributed by atoms with Crippen molar-refractivity contribution in [2.24, 2.45) is 5.73 Å². The molecule has 1 heterocycles. The topological polar surface area (TPSA) is 96.2 Å². The molecule has 58 valence electrons. The fraction of sp³-hybridized carbons (Fsp3) is 0. The van der Waals surface area contributed by atoms with Gasteiger partial charge >= 0.3 is 0 Å². The third-order valence-electron chi connectivity index (χ3n) is 1.09. The van der Waals surface area contributed by atoms with Crippen LogP contribution >= 0.6 is 0 Å². The molecule has 1 aromatic heterocycles. The molecule has 5 nitrogen and oxygen atoms in total. The summed E-state index contributed by atoms with van der Waals surface area (Å²) in [6.07, 6.45) is 0. The van der Waals surface area contributed by atoms with Crippen molar-refractivity contribution in [1.82, 2.24) is 4.98 Å². The number of hydrogen-bond acceptors (Lipinski definition) is 3. The number of aromatic nitrogens is 1. The third kappa shape index (κ3) is 1.57. The quantitative estimate of drug-likeness (QED) is 0.493. The van der Waals surface area contributed by atoms with Crippen LogP contribution in [0.25, 0.3) is 0 Å². The Kier molecular flexibility index (Phi) is 1.63. The molecule has 0 unspecified atom stereocenters. The van der Waals surface area contributed by atoms with Crippen LogP contribution < -0.4 is 11.3 Å². The van der Waals surface area contributed by atoms with Gasteiger partial charge in [-0.3, -0.25) is 9.59 Å². The van der Waals surface area contributed by atoms with E-state index in [0.29, 0.717) is 0 Å². The van der Waals surface area contributed by atoms with Crippen molar-refractivity contribution in [2.45, 2.75) is 0 Å². The van der Waals surface area contributed by atoms with Crippen LogP contribution in [-0.4, -0.2) is 16.0 Å². The first-order chi connectivity index (χ1) is 5.09. The zero-order chi connectivity index (χ0) is 8.43. The molecule has 0 aliphatic heterocycles. The molecule has 0 bridgehead atoms. The van der Waals surface area contributed by atoms with Gasteiger partial charge in [0.1, 0.15) is 11.4 Å². The predicted molar refractivity (Wildman–Crippen MR) is 37.2 cm³/mol. The van der Waals surface area contributed by atoms with Crippen molar-refractivity contribution in [3.05, 3.63) is 28.2 Å². The van der Waals surface area contributed by atoms with Gasteiger partial charge in [0.25, 0.3) is 11.5 Å². The van der Waals surface area contributed by atoms with Crippen LogP contribution in [0, 0.1) is 0 Å². The molecule has 0 saturated heterocycles. The van der Waals surface area contributed by atoms with Gasteiger partial charge in [0.05, 0.1) is 0 Å². The number of pyridine rings is 1. The highest BCUT2D eigenvalue weighted by atomic mass is 16.3. The minimum atomic E-state index is -0.780. The van der Waals surface area contributed by atoms with Gasteiger partial charge in [-0.05, 0) is 0 Å². The fourth-order valence-corrected chi connectivity index (χ4v) is 0.661. The Morgan fingerprint density at radius 1 is 1.55 bits per heavy atom. The molecule has 4 N–H and O–H groups in total. The summed E-state index contributed by atoms with van der Waals surface area (Å²) in [5.74, 6) is -1.06. The predicted octanol–water partition coefficient (Wildman–Crippen LogP) is -0.821. The number of hydrogen-bond donors (Lipinski definition) is 3. The molecule has 0 atom stereocenters. The Morgan fingerprint density at radius 2 is 2.18 bits per heavy atom. The number of nitrogens with one attached hydrogen (secondary N) is 1. The molecule has 5 heteroatoms. The molecule has 0 aliphatic rings. The minimum absolute atomic E-state index is 0.102. The van der Waals surface area contributed by atoms with E-state index in [4.69, 9.17) is 10.8 Å². The van der Waals surface area contributed by atoms with E-state index < -0.39 is 11.5 Å². The van der Waals surface area contributed by atoms with Crippen molar-refractivity contribution in [2.75, 3.05) is 0 Å². The molecule has 0 saturated carbocycles. The van der Waals surface area contributed by atoms with Gasteiger partial charge in [-0.25, -0.2) is 0 Å². The summed E-state index contributed by atoms with van der Waals surface area (Å²) in [5.41, 5.74) is 4.17. The summed E-state index contributed by atoms with van der Waals surface area (Å²) >= 11 is 0. The Morgan fingerprint density at radius 3 is 2.64 bits per heavy atom. The summed E-state index contributed by atoms with van der Waals surface area (Å²) in [4.78, 5) is 23.2. The molecule has 1 aromatic rings. The zero-order valence-electron chi connectivity index (χ0n) is 5.50. The van der Waals surface area contributed by atoms with Gasteiger partial charge in [-0.2, -0.15) is 0 Å². The molecule has 0 aliphatic carbocycles. The van der Waals surface area contributed by atoms with Gasteiger partial charge < -0.3 is 15.8 Å². The SMILES string of the molecule is NC(=O)c1cc(O)cc(=O)[nH]1. The van der Waals surface area contributed by atoms with E-state index in [2.05, 4.69) is 4.98 Å². The maximum atomic E-state index is 10.6. The highest BCUT2D eigenvalue weighted by Crippen LogP contribution is 2.03. The van der Waals surface area contributed by atoms with E-state index in [9.17, 15) is 9.59 Å². The number of rotatable bonds is 1. The van der Waals surface area contributed by atoms with Crippen LogP contribution in [0.2, 0.25) is 0 Å². The first-order valence-electron chi connectivity index (χ1n) is 2.83. The van der Waals surface area contributed by atoms with Gasteiger partial charge in [0.2, 0.25) is 0 Å². The van der Waals surface area contributed by atoms with E-state index in [-0.39, 0.29) is 11.4 Å². The number of aromatic amines is 1. The second kappa shape index (κ2) is 2.45. The maximum absolute atomic E-state index is 10.6. The molecule has 1 amide bonds. The fourth-order valence-electron chi connectivity index (χ4n) is 0.661. The van der Waals surface area contributed by atoms with E-state index in [0.717, 1.165) is 12.1 Å². The number of aromatic hydroxyl groups is 1. The van der Waals surface area contributed by atoms with Crippen LogP contribution in [0.3, 0.4) is 0 Å². The van der Waals surface area contributed by atoms with E-state index in [1.165, 1.54) is 0 Å². The summed E-state index contributed by atoms with van der Waals surface area (Å²) in [6, 6.07) is 2.04. The van der Waals surface area contributed by atoms with Crippen molar-refractivity contribution < 1.29 is 9.90 Å². The number of primary amides is 1. The molecule has 0 fully saturated rings. The standard InChI is InChI=1S/C6H6N2O3/c7-6(11)4-1-3(9)2-5(10)8-4/h1-2H,(H2,7,11)(H2,8,9,10). The van der Waals surface area contributed by atoms with Crippen LogP contribution in [0.1, 0.15) is 10.5 Å². The van der Waals surface area contributed by atoms with Crippen molar-refractivity contribution in [3.8, 4) is 5.75 Å². The second-order valence-electron chi connectivity index (χ2n) is 1.98. The smallest absolute Gasteiger partial charge is 0.265 e. The second-order valence-corrected chi connectivity index (χ2v) is 1.98. The van der Waals surface area contributed by atoms with E-state index >= 15 is 0 Å². The first kappa shape index (κ1) is 7.33. The lowest BCUT2D eigenvalue weighted by atomic mass is 10.3. The largest absolute Gasteiger partial charge is 0.508 e. The summed E-state index contributed by atoms with van der Waals surface area (Å²) < 4.78 is 0. The summed E-state index contributed by atoms with van der Waals surface area (Å²) in [7, 11) is 0. The summed E-state index contributed by atoms with van der Waals surface area (Å²) in [5, 5.41) is 8.82. The van der Waals surface area contributed by atoms with Crippen LogP contribution in [-0.2, 0) is 0 Å². The first-order valence-corrected chi connectivity index (χ1v) is 2.83. The molecule has 1 rings (SSSR count). The van der Waals surface area contributed by atoms with Gasteiger partial charge in [0.15, 0.2) is 0 Å². The van der Waals surface area contributed by atoms with Crippen molar-refractivity contribution >= 4 is 5.91 Å². The average molecular weight is 154 g/mol. The van der Waals surface area contributed by atoms with Crippen molar-refractivity contribution in [3.63, 3.8) is 0 Å². The van der Waals surface area contributed by atoms with Gasteiger partial charge in [-0.1, -0.05) is 0 Å². The Balaban J connectivity index is 3.30. The zero-order valence-corrected chi connectivity index (χ0v) is 5.50. The number of H-pyrrole nitrogens is 1. The molecular weight excluding hydrogens is 148 g/mol. The molecule has 11 heavy (non-hydrogen) atoms. The van der Waals surface area contributed by atoms with E-state index in [1.54, 1.807) is 0 Å². The number of carbonyl (C=O) groups is 1. The lowest BCUT2D eigenvalue weighted by Crippen LogP contribution is -2.17. The monoisotopic (exact) mass is 154 g/mol. The van der Waals surface area contributed by atoms with Gasteiger partial charge in [0, 0.05) is 12.1 Å². The van der Waals surface area contributed by atoms with Crippen LogP contribution in [0.15, 0.2) is 16.9 Å². The van der Waals surface area contributed by atoms with Crippen LogP contribution in [0.5, 0.6) is 5.75 Å². The highest BCUT2D eigenvalue weighted by Gasteiger charge is 2.01. The molecule has 0 aromatic carbocycles. The van der Waals surface area contributed by atoms with E-state index in [1.807, 2.05) is 0 Å². The normalized spacial score (nSPS) is 9.45. The number of carbonyl (C=O) groups excluding carboxylic acids is 1. The Hall–Kier alpha value is -1.78. The number of amides is 1. The highest BCUT2D eigenvalue weighted by molar-refractivity contribution is 5.90. The van der Waals surface area contributed by atoms with Gasteiger partial charge in [-0.15, -0.1) is 0 Å². The Labute approximate surface area is 61.5 Å². The molecule has 0 spiro atoms. The minimum Gasteiger partial charge on any atom is -0.508 e. The molecule has 0 radical (unpaired) electrons. The lowest BCUT2D eigenvalue weighted by molar-refractivity contribution is 0.0995. The summed E-state index contributed by atoms with van der Waals surface area (Å²) in [6.45, 7) is 0. The Bertz CT molecular complexity index is 342. The van der Waals surface area contributed by atoms with Crippen molar-refractivity contribution in [1.29, 1.82) is 0 Å². The third-order valence-corrected chi connectivity index (χ3v) is 1.09. The maximum Gasteiger partial charge on any atom is 0.265 e. The number of nitrogens with two attached hydrogens (primary N) is 1. The average Bonchev–Trinajstić information content (AvgIpc) is 1.85.